The number of nitrogens with two attached hydrogens (primary N) is 1. The van der Waals surface area contributed by atoms with E-state index in [0.717, 1.165) is 6.42 Å². The van der Waals surface area contributed by atoms with E-state index in [1.807, 2.05) is 6.92 Å². The molecule has 2 atom stereocenters. The molecule has 1 saturated heterocycles. The number of pyridine rings is 1. The van der Waals surface area contributed by atoms with Gasteiger partial charge in [0.1, 0.15) is 11.6 Å². The number of hydrogen-bond donors (Lipinski definition) is 2. The predicted octanol–water partition coefficient (Wildman–Crippen LogP) is 3.05. The van der Waals surface area contributed by atoms with Crippen LogP contribution in [0.4, 0.5) is 15.9 Å². The van der Waals surface area contributed by atoms with Gasteiger partial charge in [-0.3, -0.25) is 9.59 Å². The molecule has 1 aromatic heterocycles. The monoisotopic (exact) mass is 370 g/mol. The Balaban J connectivity index is 1.80. The van der Waals surface area contributed by atoms with Crippen LogP contribution in [0.1, 0.15) is 36.9 Å². The van der Waals surface area contributed by atoms with E-state index >= 15 is 0 Å². The number of likely N-dealkylation sites (tertiary alicyclic amines) is 1. The first kappa shape index (κ1) is 18.8. The summed E-state index contributed by atoms with van der Waals surface area (Å²) in [7, 11) is 0. The molecule has 0 radical (unpaired) electrons. The zero-order chi connectivity index (χ0) is 19.6. The molecular formula is C20H23FN4O2. The van der Waals surface area contributed by atoms with Crippen molar-refractivity contribution in [2.75, 3.05) is 17.6 Å². The van der Waals surface area contributed by atoms with E-state index in [4.69, 9.17) is 5.73 Å². The Labute approximate surface area is 157 Å². The van der Waals surface area contributed by atoms with E-state index in [0.29, 0.717) is 35.6 Å². The number of anilines is 2. The molecule has 0 bridgehead atoms. The van der Waals surface area contributed by atoms with Crippen LogP contribution >= 0.6 is 0 Å². The third-order valence-electron chi connectivity index (χ3n) is 4.88. The number of carbonyl (C=O) groups excluding carboxylic acids is 2. The van der Waals surface area contributed by atoms with Gasteiger partial charge >= 0.3 is 11.8 Å². The number of halogens is 1. The van der Waals surface area contributed by atoms with E-state index in [2.05, 4.69) is 10.3 Å². The lowest BCUT2D eigenvalue weighted by molar-refractivity contribution is -0.146. The highest BCUT2D eigenvalue weighted by Gasteiger charge is 2.34. The van der Waals surface area contributed by atoms with Crippen LogP contribution in [-0.4, -0.2) is 28.2 Å². The number of carbonyl (C=O) groups is 2. The highest BCUT2D eigenvalue weighted by atomic mass is 19.1. The molecule has 0 spiro atoms. The fraction of sp³-hybridized carbons (Fsp3) is 0.350. The Morgan fingerprint density at radius 2 is 2.07 bits per heavy atom. The number of rotatable bonds is 2. The van der Waals surface area contributed by atoms with Crippen LogP contribution in [0.25, 0.3) is 0 Å². The second kappa shape index (κ2) is 7.73. The molecule has 7 heteroatoms. The van der Waals surface area contributed by atoms with Gasteiger partial charge in [0.25, 0.3) is 0 Å². The molecular weight excluding hydrogens is 347 g/mol. The Bertz CT molecular complexity index is 871. The summed E-state index contributed by atoms with van der Waals surface area (Å²) in [5.41, 5.74) is 7.50. The van der Waals surface area contributed by atoms with Gasteiger partial charge in [-0.2, -0.15) is 0 Å². The van der Waals surface area contributed by atoms with Gasteiger partial charge in [0.05, 0.1) is 17.9 Å². The molecule has 6 nitrogen and oxygen atoms in total. The van der Waals surface area contributed by atoms with Crippen LogP contribution in [0.2, 0.25) is 0 Å². The second-order valence-electron chi connectivity index (χ2n) is 7.09. The van der Waals surface area contributed by atoms with E-state index in [-0.39, 0.29) is 17.8 Å². The minimum Gasteiger partial charge on any atom is -0.383 e. The highest BCUT2D eigenvalue weighted by Crippen LogP contribution is 2.33. The molecule has 27 heavy (non-hydrogen) atoms. The van der Waals surface area contributed by atoms with Crippen molar-refractivity contribution in [1.82, 2.24) is 9.88 Å². The van der Waals surface area contributed by atoms with Gasteiger partial charge in [0, 0.05) is 6.54 Å². The topological polar surface area (TPSA) is 88.3 Å². The van der Waals surface area contributed by atoms with Crippen LogP contribution in [0.3, 0.4) is 0 Å². The molecule has 2 amide bonds. The SMILES string of the molecule is Cc1cc(NC(=O)C(=O)N2C[C@H](C)CC[C@H]2c2cccc(F)c2)cnc1N. The molecule has 1 aliphatic heterocycles. The summed E-state index contributed by atoms with van der Waals surface area (Å²) in [5, 5.41) is 2.58. The van der Waals surface area contributed by atoms with Crippen molar-refractivity contribution in [3.8, 4) is 0 Å². The zero-order valence-electron chi connectivity index (χ0n) is 15.4. The molecule has 2 aromatic rings. The maximum Gasteiger partial charge on any atom is 0.313 e. The number of benzene rings is 1. The lowest BCUT2D eigenvalue weighted by atomic mass is 9.89. The molecule has 2 heterocycles. The molecule has 3 rings (SSSR count). The third-order valence-corrected chi connectivity index (χ3v) is 4.88. The zero-order valence-corrected chi connectivity index (χ0v) is 15.4. The van der Waals surface area contributed by atoms with Gasteiger partial charge in [-0.05, 0) is 55.0 Å². The first-order valence-electron chi connectivity index (χ1n) is 8.94. The van der Waals surface area contributed by atoms with E-state index in [1.54, 1.807) is 25.1 Å². The average Bonchev–Trinajstić information content (AvgIpc) is 2.64. The quantitative estimate of drug-likeness (QED) is 0.795. The van der Waals surface area contributed by atoms with Crippen LogP contribution in [0.15, 0.2) is 36.5 Å². The molecule has 1 aromatic carbocycles. The first-order chi connectivity index (χ1) is 12.8. The summed E-state index contributed by atoms with van der Waals surface area (Å²) in [6, 6.07) is 7.54. The van der Waals surface area contributed by atoms with E-state index in [9.17, 15) is 14.0 Å². The maximum atomic E-state index is 13.6. The summed E-state index contributed by atoms with van der Waals surface area (Å²) < 4.78 is 13.6. The number of amides is 2. The molecule has 1 fully saturated rings. The van der Waals surface area contributed by atoms with Crippen molar-refractivity contribution in [3.63, 3.8) is 0 Å². The van der Waals surface area contributed by atoms with Crippen molar-refractivity contribution in [2.45, 2.75) is 32.7 Å². The standard InChI is InChI=1S/C20H23FN4O2/c1-12-6-7-17(14-4-3-5-15(21)9-14)25(11-12)20(27)19(26)24-16-8-13(2)18(22)23-10-16/h3-5,8-10,12,17H,6-7,11H2,1-2H3,(H2,22,23)(H,24,26)/t12-,17+/m1/s1. The fourth-order valence-corrected chi connectivity index (χ4v) is 3.41. The summed E-state index contributed by atoms with van der Waals surface area (Å²) in [6.07, 6.45) is 3.01. The summed E-state index contributed by atoms with van der Waals surface area (Å²) >= 11 is 0. The van der Waals surface area contributed by atoms with Crippen molar-refractivity contribution in [3.05, 3.63) is 53.5 Å². The largest absolute Gasteiger partial charge is 0.383 e. The van der Waals surface area contributed by atoms with Crippen LogP contribution in [-0.2, 0) is 9.59 Å². The second-order valence-corrected chi connectivity index (χ2v) is 7.09. The van der Waals surface area contributed by atoms with Gasteiger partial charge in [-0.15, -0.1) is 0 Å². The van der Waals surface area contributed by atoms with Crippen molar-refractivity contribution >= 4 is 23.3 Å². The third kappa shape index (κ3) is 4.24. The summed E-state index contributed by atoms with van der Waals surface area (Å²) in [6.45, 7) is 4.26. The Morgan fingerprint density at radius 1 is 1.30 bits per heavy atom. The van der Waals surface area contributed by atoms with Gasteiger partial charge in [-0.25, -0.2) is 9.37 Å². The van der Waals surface area contributed by atoms with E-state index in [1.165, 1.54) is 23.2 Å². The molecule has 142 valence electrons. The van der Waals surface area contributed by atoms with Crippen LogP contribution < -0.4 is 11.1 Å². The number of nitrogens with one attached hydrogen (secondary N) is 1. The fourth-order valence-electron chi connectivity index (χ4n) is 3.41. The van der Waals surface area contributed by atoms with Gasteiger partial charge in [0.15, 0.2) is 0 Å². The molecule has 1 aliphatic rings. The highest BCUT2D eigenvalue weighted by molar-refractivity contribution is 6.39. The molecule has 3 N–H and O–H groups in total. The number of piperidine rings is 1. The van der Waals surface area contributed by atoms with E-state index < -0.39 is 11.8 Å². The Hall–Kier alpha value is -2.96. The molecule has 0 saturated carbocycles. The van der Waals surface area contributed by atoms with Gasteiger partial charge < -0.3 is 16.0 Å². The van der Waals surface area contributed by atoms with Crippen LogP contribution in [0.5, 0.6) is 0 Å². The Morgan fingerprint density at radius 3 is 2.78 bits per heavy atom. The minimum atomic E-state index is -0.739. The van der Waals surface area contributed by atoms with Gasteiger partial charge in [-0.1, -0.05) is 19.1 Å². The number of nitrogen functional groups attached to an aromatic ring is 1. The van der Waals surface area contributed by atoms with Crippen molar-refractivity contribution < 1.29 is 14.0 Å². The number of nitrogens with zero attached hydrogens (tertiary/aromatic N) is 2. The Kier molecular flexibility index (Phi) is 5.39. The summed E-state index contributed by atoms with van der Waals surface area (Å²) in [4.78, 5) is 30.9. The predicted molar refractivity (Wildman–Crippen MR) is 101 cm³/mol. The van der Waals surface area contributed by atoms with Crippen LogP contribution in [0, 0.1) is 18.7 Å². The average molecular weight is 370 g/mol. The van der Waals surface area contributed by atoms with Crippen molar-refractivity contribution in [2.24, 2.45) is 5.92 Å². The lowest BCUT2D eigenvalue weighted by Gasteiger charge is -2.38. The summed E-state index contributed by atoms with van der Waals surface area (Å²) in [5.74, 6) is -1.09. The minimum absolute atomic E-state index is 0.270. The first-order valence-corrected chi connectivity index (χ1v) is 8.94. The number of hydrogen-bond acceptors (Lipinski definition) is 4. The smallest absolute Gasteiger partial charge is 0.313 e. The normalized spacial score (nSPS) is 19.6. The number of aromatic nitrogens is 1. The maximum absolute atomic E-state index is 13.6. The molecule has 0 aliphatic carbocycles. The van der Waals surface area contributed by atoms with Gasteiger partial charge in [0.2, 0.25) is 0 Å². The molecule has 0 unspecified atom stereocenters. The number of aryl methyl sites for hydroxylation is 1. The lowest BCUT2D eigenvalue weighted by Crippen LogP contribution is -2.46. The van der Waals surface area contributed by atoms with Crippen molar-refractivity contribution in [1.29, 1.82) is 0 Å².